The largest absolute Gasteiger partial charge is 0.495 e. The van der Waals surface area contributed by atoms with Crippen LogP contribution in [0.3, 0.4) is 0 Å². The standard InChI is InChI=1S/C15H24N2O/c1-12-5-4-8-17(11-12)14-7-6-13(10-16-2)9-15(14)18-3/h6-7,9,12,16H,4-5,8,10-11H2,1-3H3. The van der Waals surface area contributed by atoms with Crippen molar-refractivity contribution in [1.82, 2.24) is 5.32 Å². The summed E-state index contributed by atoms with van der Waals surface area (Å²) >= 11 is 0. The molecule has 0 bridgehead atoms. The Morgan fingerprint density at radius 3 is 2.94 bits per heavy atom. The molecule has 3 nitrogen and oxygen atoms in total. The monoisotopic (exact) mass is 248 g/mol. The predicted octanol–water partition coefficient (Wildman–Crippen LogP) is 2.65. The molecule has 1 aliphatic rings. The summed E-state index contributed by atoms with van der Waals surface area (Å²) in [5, 5.41) is 3.17. The summed E-state index contributed by atoms with van der Waals surface area (Å²) in [5.74, 6) is 1.78. The molecule has 0 saturated carbocycles. The van der Waals surface area contributed by atoms with Gasteiger partial charge in [0.05, 0.1) is 12.8 Å². The molecule has 100 valence electrons. The number of piperidine rings is 1. The SMILES string of the molecule is CNCc1ccc(N2CCCC(C)C2)c(OC)c1. The van der Waals surface area contributed by atoms with Crippen molar-refractivity contribution in [2.75, 3.05) is 32.1 Å². The Kier molecular flexibility index (Phi) is 4.48. The molecule has 1 N–H and O–H groups in total. The van der Waals surface area contributed by atoms with Gasteiger partial charge in [0.1, 0.15) is 5.75 Å². The van der Waals surface area contributed by atoms with E-state index >= 15 is 0 Å². The molecule has 0 amide bonds. The van der Waals surface area contributed by atoms with Crippen LogP contribution in [-0.2, 0) is 6.54 Å². The first-order valence-corrected chi connectivity index (χ1v) is 6.81. The summed E-state index contributed by atoms with van der Waals surface area (Å²) in [7, 11) is 3.72. The van der Waals surface area contributed by atoms with E-state index in [0.29, 0.717) is 0 Å². The first-order chi connectivity index (χ1) is 8.74. The molecule has 1 aromatic rings. The Labute approximate surface area is 110 Å². The molecule has 1 aromatic carbocycles. The number of anilines is 1. The lowest BCUT2D eigenvalue weighted by atomic mass is 9.99. The Balaban J connectivity index is 2.20. The Hall–Kier alpha value is -1.22. The number of hydrogen-bond donors (Lipinski definition) is 1. The summed E-state index contributed by atoms with van der Waals surface area (Å²) in [5.41, 5.74) is 2.51. The number of hydrogen-bond acceptors (Lipinski definition) is 3. The van der Waals surface area contributed by atoms with Crippen molar-refractivity contribution >= 4 is 5.69 Å². The molecule has 1 unspecified atom stereocenters. The van der Waals surface area contributed by atoms with Gasteiger partial charge in [-0.25, -0.2) is 0 Å². The maximum atomic E-state index is 5.55. The average Bonchev–Trinajstić information content (AvgIpc) is 2.39. The van der Waals surface area contributed by atoms with Crippen LogP contribution in [0.5, 0.6) is 5.75 Å². The van der Waals surface area contributed by atoms with Gasteiger partial charge in [-0.2, -0.15) is 0 Å². The third-order valence-electron chi connectivity index (χ3n) is 3.62. The number of rotatable bonds is 4. The van der Waals surface area contributed by atoms with Gasteiger partial charge in [0.25, 0.3) is 0 Å². The highest BCUT2D eigenvalue weighted by Crippen LogP contribution is 2.32. The Bertz CT molecular complexity index is 392. The van der Waals surface area contributed by atoms with E-state index in [0.717, 1.165) is 31.3 Å². The third-order valence-corrected chi connectivity index (χ3v) is 3.62. The minimum Gasteiger partial charge on any atom is -0.495 e. The van der Waals surface area contributed by atoms with Gasteiger partial charge >= 0.3 is 0 Å². The molecule has 1 aliphatic heterocycles. The fourth-order valence-corrected chi connectivity index (χ4v) is 2.71. The molecule has 0 spiro atoms. The van der Waals surface area contributed by atoms with Crippen molar-refractivity contribution in [3.05, 3.63) is 23.8 Å². The second-order valence-electron chi connectivity index (χ2n) is 5.23. The molecule has 2 rings (SSSR count). The van der Waals surface area contributed by atoms with Crippen molar-refractivity contribution in [3.63, 3.8) is 0 Å². The quantitative estimate of drug-likeness (QED) is 0.886. The summed E-state index contributed by atoms with van der Waals surface area (Å²) in [6.45, 7) is 5.49. The molecule has 1 heterocycles. The number of methoxy groups -OCH3 is 1. The summed E-state index contributed by atoms with van der Waals surface area (Å²) in [6.07, 6.45) is 2.62. The van der Waals surface area contributed by atoms with Crippen molar-refractivity contribution in [2.45, 2.75) is 26.3 Å². The summed E-state index contributed by atoms with van der Waals surface area (Å²) in [6, 6.07) is 6.53. The van der Waals surface area contributed by atoms with Gasteiger partial charge in [-0.1, -0.05) is 13.0 Å². The van der Waals surface area contributed by atoms with Gasteiger partial charge < -0.3 is 15.0 Å². The Morgan fingerprint density at radius 2 is 2.28 bits per heavy atom. The normalized spacial score (nSPS) is 19.9. The molecule has 0 aromatic heterocycles. The number of nitrogens with one attached hydrogen (secondary N) is 1. The van der Waals surface area contributed by atoms with Crippen LogP contribution >= 0.6 is 0 Å². The zero-order chi connectivity index (χ0) is 13.0. The summed E-state index contributed by atoms with van der Waals surface area (Å²) in [4.78, 5) is 2.45. The van der Waals surface area contributed by atoms with Gasteiger partial charge in [-0.3, -0.25) is 0 Å². The maximum absolute atomic E-state index is 5.55. The van der Waals surface area contributed by atoms with Gasteiger partial charge in [0, 0.05) is 19.6 Å². The second-order valence-corrected chi connectivity index (χ2v) is 5.23. The van der Waals surface area contributed by atoms with Crippen LogP contribution in [0, 0.1) is 5.92 Å². The van der Waals surface area contributed by atoms with Gasteiger partial charge in [0.2, 0.25) is 0 Å². The zero-order valence-corrected chi connectivity index (χ0v) is 11.7. The number of ether oxygens (including phenoxy) is 1. The first-order valence-electron chi connectivity index (χ1n) is 6.81. The van der Waals surface area contributed by atoms with E-state index in [4.69, 9.17) is 4.74 Å². The van der Waals surface area contributed by atoms with E-state index in [9.17, 15) is 0 Å². The molecule has 18 heavy (non-hydrogen) atoms. The van der Waals surface area contributed by atoms with E-state index < -0.39 is 0 Å². The lowest BCUT2D eigenvalue weighted by Crippen LogP contribution is -2.34. The first kappa shape index (κ1) is 13.2. The lowest BCUT2D eigenvalue weighted by molar-refractivity contribution is 0.404. The van der Waals surface area contributed by atoms with Crippen molar-refractivity contribution in [3.8, 4) is 5.75 Å². The van der Waals surface area contributed by atoms with Crippen LogP contribution in [0.4, 0.5) is 5.69 Å². The average molecular weight is 248 g/mol. The minimum absolute atomic E-state index is 0.778. The van der Waals surface area contributed by atoms with E-state index in [2.05, 4.69) is 35.3 Å². The van der Waals surface area contributed by atoms with Crippen LogP contribution in [0.2, 0.25) is 0 Å². The van der Waals surface area contributed by atoms with Crippen LogP contribution in [-0.4, -0.2) is 27.2 Å². The molecule has 0 aliphatic carbocycles. The molecular weight excluding hydrogens is 224 g/mol. The number of benzene rings is 1. The minimum atomic E-state index is 0.778. The zero-order valence-electron chi connectivity index (χ0n) is 11.7. The molecule has 3 heteroatoms. The lowest BCUT2D eigenvalue weighted by Gasteiger charge is -2.33. The maximum Gasteiger partial charge on any atom is 0.142 e. The topological polar surface area (TPSA) is 24.5 Å². The molecule has 1 saturated heterocycles. The van der Waals surface area contributed by atoms with Crippen molar-refractivity contribution in [1.29, 1.82) is 0 Å². The van der Waals surface area contributed by atoms with Crippen LogP contribution in [0.15, 0.2) is 18.2 Å². The number of nitrogens with zero attached hydrogens (tertiary/aromatic N) is 1. The third kappa shape index (κ3) is 2.96. The van der Waals surface area contributed by atoms with Crippen LogP contribution in [0.1, 0.15) is 25.3 Å². The highest BCUT2D eigenvalue weighted by Gasteiger charge is 2.19. The van der Waals surface area contributed by atoms with Crippen molar-refractivity contribution < 1.29 is 4.74 Å². The van der Waals surface area contributed by atoms with Crippen molar-refractivity contribution in [2.24, 2.45) is 5.92 Å². The van der Waals surface area contributed by atoms with Crippen LogP contribution in [0.25, 0.3) is 0 Å². The second kappa shape index (κ2) is 6.10. The fourth-order valence-electron chi connectivity index (χ4n) is 2.71. The Morgan fingerprint density at radius 1 is 1.44 bits per heavy atom. The molecule has 1 fully saturated rings. The smallest absolute Gasteiger partial charge is 0.142 e. The fraction of sp³-hybridized carbons (Fsp3) is 0.600. The van der Waals surface area contributed by atoms with Crippen LogP contribution < -0.4 is 15.0 Å². The highest BCUT2D eigenvalue weighted by atomic mass is 16.5. The van der Waals surface area contributed by atoms with E-state index in [1.54, 1.807) is 7.11 Å². The molecular formula is C15H24N2O. The summed E-state index contributed by atoms with van der Waals surface area (Å²) < 4.78 is 5.55. The van der Waals surface area contributed by atoms with Gasteiger partial charge in [-0.05, 0) is 43.5 Å². The van der Waals surface area contributed by atoms with Gasteiger partial charge in [-0.15, -0.1) is 0 Å². The molecule has 1 atom stereocenters. The van der Waals surface area contributed by atoms with E-state index in [1.165, 1.54) is 24.1 Å². The predicted molar refractivity (Wildman–Crippen MR) is 76.4 cm³/mol. The highest BCUT2D eigenvalue weighted by molar-refractivity contribution is 5.60. The van der Waals surface area contributed by atoms with E-state index in [1.807, 2.05) is 7.05 Å². The molecule has 0 radical (unpaired) electrons. The van der Waals surface area contributed by atoms with E-state index in [-0.39, 0.29) is 0 Å². The van der Waals surface area contributed by atoms with Gasteiger partial charge in [0.15, 0.2) is 0 Å².